The molecule has 0 unspecified atom stereocenters. The molecule has 0 saturated carbocycles. The first-order valence-corrected chi connectivity index (χ1v) is 5.31. The van der Waals surface area contributed by atoms with Crippen molar-refractivity contribution in [3.8, 4) is 6.19 Å². The van der Waals surface area contributed by atoms with E-state index < -0.39 is 5.91 Å². The number of nitrogens with two attached hydrogens (primary N) is 1. The van der Waals surface area contributed by atoms with Crippen LogP contribution in [0.2, 0.25) is 0 Å². The zero-order valence-electron chi connectivity index (χ0n) is 8.52. The van der Waals surface area contributed by atoms with Crippen LogP contribution in [-0.2, 0) is 4.79 Å². The van der Waals surface area contributed by atoms with Gasteiger partial charge in [0.2, 0.25) is 12.1 Å². The molecular formula is C8H14N4OS. The van der Waals surface area contributed by atoms with Gasteiger partial charge in [0.25, 0.3) is 0 Å². The molecule has 0 saturated heterocycles. The molecule has 0 radical (unpaired) electrons. The molecule has 78 valence electrons. The van der Waals surface area contributed by atoms with Crippen molar-refractivity contribution in [2.75, 3.05) is 12.8 Å². The summed E-state index contributed by atoms with van der Waals surface area (Å²) in [6.07, 6.45) is 3.50. The molecule has 0 heterocycles. The molecule has 0 bridgehead atoms. The van der Waals surface area contributed by atoms with E-state index in [0.717, 1.165) is 0 Å². The molecular weight excluding hydrogens is 200 g/mol. The van der Waals surface area contributed by atoms with Crippen LogP contribution in [0.4, 0.5) is 0 Å². The second-order valence-corrected chi connectivity index (χ2v) is 3.66. The normalized spacial score (nSPS) is 11.2. The molecule has 0 rings (SSSR count). The van der Waals surface area contributed by atoms with Gasteiger partial charge in [-0.25, -0.2) is 0 Å². The lowest BCUT2D eigenvalue weighted by molar-refractivity contribution is -0.118. The van der Waals surface area contributed by atoms with E-state index in [4.69, 9.17) is 11.0 Å². The summed E-state index contributed by atoms with van der Waals surface area (Å²) < 4.78 is 0. The first kappa shape index (κ1) is 12.8. The molecule has 0 atom stereocenters. The number of primary amides is 1. The topological polar surface area (TPSA) is 82.5 Å². The van der Waals surface area contributed by atoms with Crippen LogP contribution >= 0.6 is 11.8 Å². The third kappa shape index (κ3) is 4.14. The van der Waals surface area contributed by atoms with Gasteiger partial charge in [0.05, 0.1) is 6.54 Å². The van der Waals surface area contributed by atoms with Gasteiger partial charge >= 0.3 is 0 Å². The van der Waals surface area contributed by atoms with Crippen molar-refractivity contribution in [3.05, 3.63) is 0 Å². The van der Waals surface area contributed by atoms with Gasteiger partial charge in [-0.15, -0.1) is 4.99 Å². The zero-order chi connectivity index (χ0) is 11.1. The molecule has 0 spiro atoms. The molecule has 1 amide bonds. The van der Waals surface area contributed by atoms with Crippen LogP contribution in [0.25, 0.3) is 0 Å². The third-order valence-corrected chi connectivity index (χ3v) is 2.21. The maximum absolute atomic E-state index is 10.8. The molecule has 0 aliphatic carbocycles. The molecule has 14 heavy (non-hydrogen) atoms. The summed E-state index contributed by atoms with van der Waals surface area (Å²) in [6, 6.07) is 0.0852. The Hall–Kier alpha value is -1.22. The Balaban J connectivity index is 4.71. The van der Waals surface area contributed by atoms with E-state index in [-0.39, 0.29) is 12.6 Å². The molecule has 6 heteroatoms. The van der Waals surface area contributed by atoms with Gasteiger partial charge in [0, 0.05) is 6.04 Å². The van der Waals surface area contributed by atoms with Gasteiger partial charge in [-0.05, 0) is 20.1 Å². The summed E-state index contributed by atoms with van der Waals surface area (Å²) in [5.41, 5.74) is 5.09. The Morgan fingerprint density at radius 3 is 2.57 bits per heavy atom. The van der Waals surface area contributed by atoms with Crippen LogP contribution in [0.3, 0.4) is 0 Å². The van der Waals surface area contributed by atoms with Gasteiger partial charge in [0.1, 0.15) is 0 Å². The SMILES string of the molecule is CSC(=NC#N)N(CC(N)=O)C(C)C. The Labute approximate surface area is 88.0 Å². The highest BCUT2D eigenvalue weighted by molar-refractivity contribution is 8.13. The number of amides is 1. The molecule has 0 aromatic rings. The van der Waals surface area contributed by atoms with Gasteiger partial charge in [-0.1, -0.05) is 11.8 Å². The first-order chi connectivity index (χ1) is 6.52. The highest BCUT2D eigenvalue weighted by Crippen LogP contribution is 2.08. The lowest BCUT2D eigenvalue weighted by Crippen LogP contribution is -2.41. The van der Waals surface area contributed by atoms with Crippen LogP contribution in [0, 0.1) is 11.5 Å². The van der Waals surface area contributed by atoms with Crippen molar-refractivity contribution in [2.24, 2.45) is 10.7 Å². The number of amidine groups is 1. The van der Waals surface area contributed by atoms with E-state index in [9.17, 15) is 4.79 Å². The minimum atomic E-state index is -0.432. The van der Waals surface area contributed by atoms with Crippen molar-refractivity contribution in [3.63, 3.8) is 0 Å². The average molecular weight is 214 g/mol. The average Bonchev–Trinajstić information content (AvgIpc) is 2.10. The summed E-state index contributed by atoms with van der Waals surface area (Å²) in [6.45, 7) is 3.90. The van der Waals surface area contributed by atoms with Crippen LogP contribution in [-0.4, -0.2) is 34.8 Å². The highest BCUT2D eigenvalue weighted by Gasteiger charge is 2.16. The Morgan fingerprint density at radius 1 is 1.71 bits per heavy atom. The molecule has 0 fully saturated rings. The number of nitrogens with zero attached hydrogens (tertiary/aromatic N) is 3. The number of rotatable bonds is 3. The summed E-state index contributed by atoms with van der Waals surface area (Å²) in [5, 5.41) is 8.95. The van der Waals surface area contributed by atoms with Crippen LogP contribution in [0.5, 0.6) is 0 Å². The van der Waals surface area contributed by atoms with Crippen molar-refractivity contribution in [2.45, 2.75) is 19.9 Å². The van der Waals surface area contributed by atoms with Gasteiger partial charge in [-0.3, -0.25) is 4.79 Å². The molecule has 0 aromatic carbocycles. The van der Waals surface area contributed by atoms with E-state index >= 15 is 0 Å². The van der Waals surface area contributed by atoms with E-state index in [1.54, 1.807) is 17.3 Å². The summed E-state index contributed by atoms with van der Waals surface area (Å²) in [4.78, 5) is 16.1. The van der Waals surface area contributed by atoms with Gasteiger partial charge in [0.15, 0.2) is 5.17 Å². The van der Waals surface area contributed by atoms with E-state index in [2.05, 4.69) is 4.99 Å². The minimum absolute atomic E-state index is 0.0824. The molecule has 0 aromatic heterocycles. The molecule has 5 nitrogen and oxygen atoms in total. The van der Waals surface area contributed by atoms with Crippen LogP contribution in [0.15, 0.2) is 4.99 Å². The monoisotopic (exact) mass is 214 g/mol. The second kappa shape index (κ2) is 6.27. The Kier molecular flexibility index (Phi) is 5.72. The number of carbonyl (C=O) groups is 1. The molecule has 2 N–H and O–H groups in total. The van der Waals surface area contributed by atoms with Crippen molar-refractivity contribution in [1.29, 1.82) is 5.26 Å². The smallest absolute Gasteiger partial charge is 0.237 e. The summed E-state index contributed by atoms with van der Waals surface area (Å²) in [7, 11) is 0. The fraction of sp³-hybridized carbons (Fsp3) is 0.625. The largest absolute Gasteiger partial charge is 0.368 e. The van der Waals surface area contributed by atoms with E-state index in [1.807, 2.05) is 13.8 Å². The van der Waals surface area contributed by atoms with Gasteiger partial charge < -0.3 is 10.6 Å². The Morgan fingerprint density at radius 2 is 2.29 bits per heavy atom. The van der Waals surface area contributed by atoms with Crippen LogP contribution in [0.1, 0.15) is 13.8 Å². The summed E-state index contributed by atoms with van der Waals surface area (Å²) >= 11 is 1.32. The van der Waals surface area contributed by atoms with Crippen molar-refractivity contribution < 1.29 is 4.79 Å². The molecule has 0 aliphatic rings. The number of aliphatic imine (C=N–C) groups is 1. The number of carbonyl (C=O) groups excluding carboxylic acids is 1. The Bertz CT molecular complexity index is 269. The number of thioether (sulfide) groups is 1. The summed E-state index contributed by atoms with van der Waals surface area (Å²) in [5.74, 6) is -0.432. The van der Waals surface area contributed by atoms with E-state index in [1.165, 1.54) is 11.8 Å². The maximum atomic E-state index is 10.8. The fourth-order valence-corrected chi connectivity index (χ4v) is 1.55. The standard InChI is InChI=1S/C8H14N4OS/c1-6(2)12(4-7(10)13)8(14-3)11-5-9/h6H,4H2,1-3H3,(H2,10,13). The zero-order valence-corrected chi connectivity index (χ0v) is 9.34. The number of nitriles is 1. The van der Waals surface area contributed by atoms with Gasteiger partial charge in [-0.2, -0.15) is 5.26 Å². The molecule has 0 aliphatic heterocycles. The van der Waals surface area contributed by atoms with Crippen molar-refractivity contribution >= 4 is 22.8 Å². The first-order valence-electron chi connectivity index (χ1n) is 4.08. The van der Waals surface area contributed by atoms with E-state index in [0.29, 0.717) is 5.17 Å². The van der Waals surface area contributed by atoms with Crippen molar-refractivity contribution in [1.82, 2.24) is 4.90 Å². The minimum Gasteiger partial charge on any atom is -0.368 e. The lowest BCUT2D eigenvalue weighted by atomic mass is 10.3. The maximum Gasteiger partial charge on any atom is 0.237 e. The third-order valence-electron chi connectivity index (χ3n) is 1.52. The highest BCUT2D eigenvalue weighted by atomic mass is 32.2. The quantitative estimate of drug-likeness (QED) is 0.418. The lowest BCUT2D eigenvalue weighted by Gasteiger charge is -2.26. The number of hydrogen-bond donors (Lipinski definition) is 1. The van der Waals surface area contributed by atoms with Crippen LogP contribution < -0.4 is 5.73 Å². The predicted octanol–water partition coefficient (Wildman–Crippen LogP) is 0.382. The number of hydrogen-bond acceptors (Lipinski definition) is 4. The predicted molar refractivity (Wildman–Crippen MR) is 57.6 cm³/mol. The second-order valence-electron chi connectivity index (χ2n) is 2.89. The fourth-order valence-electron chi connectivity index (χ4n) is 0.909.